The van der Waals surface area contributed by atoms with Crippen molar-refractivity contribution in [2.75, 3.05) is 0 Å². The maximum atomic E-state index is 5.36. The molecule has 238 valence electrons. The standard InChI is InChI=1S/C47H29N3S/c1-3-13-30(14-4-1)40-28-33(29-41(48-40)31-23-26-45-39(27-31)36-19-9-12-22-44(36)51-45)50-43-21-11-8-18-35(43)38-25-24-37-34-17-7-10-20-42(34)49(46(37)47(38)50)32-15-5-2-6-16-32/h1-29H. The van der Waals surface area contributed by atoms with Crippen LogP contribution in [0.3, 0.4) is 0 Å². The average Bonchev–Trinajstić information content (AvgIpc) is 3.86. The maximum Gasteiger partial charge on any atom is 0.0788 e. The highest BCUT2D eigenvalue weighted by Gasteiger charge is 2.22. The predicted octanol–water partition coefficient (Wildman–Crippen LogP) is 13.0. The van der Waals surface area contributed by atoms with Gasteiger partial charge in [0.1, 0.15) is 0 Å². The van der Waals surface area contributed by atoms with Gasteiger partial charge in [0.2, 0.25) is 0 Å². The van der Waals surface area contributed by atoms with Crippen LogP contribution >= 0.6 is 11.3 Å². The fourth-order valence-corrected chi connectivity index (χ4v) is 9.14. The Balaban J connectivity index is 1.28. The van der Waals surface area contributed by atoms with Gasteiger partial charge >= 0.3 is 0 Å². The molecule has 0 saturated carbocycles. The van der Waals surface area contributed by atoms with E-state index in [1.54, 1.807) is 0 Å². The van der Waals surface area contributed by atoms with Crippen LogP contribution in [0.25, 0.3) is 97.7 Å². The van der Waals surface area contributed by atoms with Gasteiger partial charge in [0.25, 0.3) is 0 Å². The van der Waals surface area contributed by atoms with E-state index >= 15 is 0 Å². The van der Waals surface area contributed by atoms with Gasteiger partial charge in [-0.3, -0.25) is 0 Å². The van der Waals surface area contributed by atoms with Crippen molar-refractivity contribution in [1.82, 2.24) is 14.1 Å². The van der Waals surface area contributed by atoms with Gasteiger partial charge in [-0.05, 0) is 54.6 Å². The highest BCUT2D eigenvalue weighted by molar-refractivity contribution is 7.25. The molecule has 0 amide bonds. The van der Waals surface area contributed by atoms with E-state index in [0.717, 1.165) is 33.9 Å². The number of pyridine rings is 1. The molecule has 0 atom stereocenters. The quantitative estimate of drug-likeness (QED) is 0.183. The fraction of sp³-hybridized carbons (Fsp3) is 0. The van der Waals surface area contributed by atoms with Gasteiger partial charge in [0.15, 0.2) is 0 Å². The Morgan fingerprint density at radius 3 is 1.57 bits per heavy atom. The Kier molecular flexibility index (Phi) is 6.12. The van der Waals surface area contributed by atoms with E-state index in [1.165, 1.54) is 63.8 Å². The van der Waals surface area contributed by atoms with Crippen LogP contribution in [0, 0.1) is 0 Å². The number of benzene rings is 7. The van der Waals surface area contributed by atoms with Crippen LogP contribution in [0.15, 0.2) is 176 Å². The number of rotatable bonds is 4. The molecule has 11 rings (SSSR count). The minimum absolute atomic E-state index is 0.945. The molecule has 4 heterocycles. The van der Waals surface area contributed by atoms with E-state index in [9.17, 15) is 0 Å². The molecule has 0 unspecified atom stereocenters. The summed E-state index contributed by atoms with van der Waals surface area (Å²) in [5.41, 5.74) is 11.1. The summed E-state index contributed by atoms with van der Waals surface area (Å²) in [6.07, 6.45) is 0. The summed E-state index contributed by atoms with van der Waals surface area (Å²) >= 11 is 1.84. The van der Waals surface area contributed by atoms with E-state index in [0.29, 0.717) is 0 Å². The number of fused-ring (bicyclic) bond motifs is 10. The predicted molar refractivity (Wildman–Crippen MR) is 217 cm³/mol. The van der Waals surface area contributed by atoms with E-state index in [1.807, 2.05) is 11.3 Å². The van der Waals surface area contributed by atoms with E-state index in [-0.39, 0.29) is 0 Å². The Labute approximate surface area is 297 Å². The van der Waals surface area contributed by atoms with Crippen molar-refractivity contribution in [1.29, 1.82) is 0 Å². The van der Waals surface area contributed by atoms with Crippen LogP contribution in [0.2, 0.25) is 0 Å². The molecule has 0 radical (unpaired) electrons. The maximum absolute atomic E-state index is 5.36. The Bertz CT molecular complexity index is 3130. The lowest BCUT2D eigenvalue weighted by Crippen LogP contribution is -2.00. The zero-order valence-electron chi connectivity index (χ0n) is 27.5. The summed E-state index contributed by atoms with van der Waals surface area (Å²) in [6, 6.07) is 63.6. The molecule has 0 aliphatic heterocycles. The third-order valence-electron chi connectivity index (χ3n) is 10.3. The summed E-state index contributed by atoms with van der Waals surface area (Å²) < 4.78 is 7.51. The van der Waals surface area contributed by atoms with Gasteiger partial charge < -0.3 is 9.13 Å². The molecule has 0 bridgehead atoms. The number of nitrogens with zero attached hydrogens (tertiary/aromatic N) is 3. The molecule has 3 nitrogen and oxygen atoms in total. The lowest BCUT2D eigenvalue weighted by Gasteiger charge is -2.15. The summed E-state index contributed by atoms with van der Waals surface area (Å²) in [6.45, 7) is 0. The first kappa shape index (κ1) is 28.4. The summed E-state index contributed by atoms with van der Waals surface area (Å²) in [5.74, 6) is 0. The van der Waals surface area contributed by atoms with Gasteiger partial charge in [-0.1, -0.05) is 121 Å². The summed E-state index contributed by atoms with van der Waals surface area (Å²) in [7, 11) is 0. The van der Waals surface area contributed by atoms with Crippen molar-refractivity contribution < 1.29 is 0 Å². The third-order valence-corrected chi connectivity index (χ3v) is 11.4. The fourth-order valence-electron chi connectivity index (χ4n) is 8.05. The molecule has 7 aromatic carbocycles. The molecule has 0 aliphatic rings. The molecule has 0 N–H and O–H groups in total. The van der Waals surface area contributed by atoms with Crippen molar-refractivity contribution in [3.63, 3.8) is 0 Å². The molecule has 51 heavy (non-hydrogen) atoms. The second kappa shape index (κ2) is 11.0. The second-order valence-electron chi connectivity index (χ2n) is 13.2. The van der Waals surface area contributed by atoms with E-state index < -0.39 is 0 Å². The molecule has 11 aromatic rings. The van der Waals surface area contributed by atoms with Crippen LogP contribution in [-0.4, -0.2) is 14.1 Å². The van der Waals surface area contributed by atoms with Crippen molar-refractivity contribution in [2.24, 2.45) is 0 Å². The van der Waals surface area contributed by atoms with Gasteiger partial charge in [-0.25, -0.2) is 4.98 Å². The van der Waals surface area contributed by atoms with Gasteiger partial charge in [-0.15, -0.1) is 11.3 Å². The van der Waals surface area contributed by atoms with Crippen LogP contribution in [0.1, 0.15) is 0 Å². The van der Waals surface area contributed by atoms with Crippen LogP contribution < -0.4 is 0 Å². The number of aromatic nitrogens is 3. The van der Waals surface area contributed by atoms with Crippen molar-refractivity contribution >= 4 is 75.1 Å². The number of hydrogen-bond acceptors (Lipinski definition) is 2. The first-order chi connectivity index (χ1) is 25.3. The number of hydrogen-bond donors (Lipinski definition) is 0. The Hall–Kier alpha value is -6.49. The lowest BCUT2D eigenvalue weighted by atomic mass is 10.0. The van der Waals surface area contributed by atoms with E-state index in [2.05, 4.69) is 185 Å². The topological polar surface area (TPSA) is 22.8 Å². The largest absolute Gasteiger partial charge is 0.307 e. The van der Waals surface area contributed by atoms with E-state index in [4.69, 9.17) is 4.98 Å². The Morgan fingerprint density at radius 2 is 0.882 bits per heavy atom. The van der Waals surface area contributed by atoms with Gasteiger partial charge in [0.05, 0.1) is 39.1 Å². The third kappa shape index (κ3) is 4.27. The first-order valence-electron chi connectivity index (χ1n) is 17.3. The zero-order chi connectivity index (χ0) is 33.5. The van der Waals surface area contributed by atoms with Crippen molar-refractivity contribution in [2.45, 2.75) is 0 Å². The molecule has 4 aromatic heterocycles. The highest BCUT2D eigenvalue weighted by atomic mass is 32.1. The molecule has 0 fully saturated rings. The van der Waals surface area contributed by atoms with Crippen molar-refractivity contribution in [3.05, 3.63) is 176 Å². The number of para-hydroxylation sites is 3. The summed E-state index contributed by atoms with van der Waals surface area (Å²) in [5, 5.41) is 7.49. The van der Waals surface area contributed by atoms with Crippen molar-refractivity contribution in [3.8, 4) is 33.9 Å². The highest BCUT2D eigenvalue weighted by Crippen LogP contribution is 2.43. The summed E-state index contributed by atoms with van der Waals surface area (Å²) in [4.78, 5) is 5.36. The Morgan fingerprint density at radius 1 is 0.353 bits per heavy atom. The normalized spacial score (nSPS) is 11.9. The molecule has 0 saturated heterocycles. The molecular formula is C47H29N3S. The molecule has 0 spiro atoms. The number of thiophene rings is 1. The molecule has 4 heteroatoms. The minimum atomic E-state index is 0.945. The monoisotopic (exact) mass is 667 g/mol. The van der Waals surface area contributed by atoms with Crippen LogP contribution in [0.5, 0.6) is 0 Å². The molecule has 0 aliphatic carbocycles. The SMILES string of the molecule is c1ccc(-c2cc(-n3c4ccccc4c4ccc5c6ccccc6n(-c6ccccc6)c5c43)cc(-c3ccc4sc5ccccc5c4c3)n2)cc1. The average molecular weight is 668 g/mol. The first-order valence-corrected chi connectivity index (χ1v) is 18.1. The van der Waals surface area contributed by atoms with Crippen LogP contribution in [-0.2, 0) is 0 Å². The minimum Gasteiger partial charge on any atom is -0.307 e. The van der Waals surface area contributed by atoms with Crippen LogP contribution in [0.4, 0.5) is 0 Å². The van der Waals surface area contributed by atoms with Gasteiger partial charge in [0, 0.05) is 58.5 Å². The second-order valence-corrected chi connectivity index (χ2v) is 14.3. The molecular weight excluding hydrogens is 639 g/mol. The zero-order valence-corrected chi connectivity index (χ0v) is 28.3. The lowest BCUT2D eigenvalue weighted by molar-refractivity contribution is 1.14. The smallest absolute Gasteiger partial charge is 0.0788 e. The van der Waals surface area contributed by atoms with Gasteiger partial charge in [-0.2, -0.15) is 0 Å².